The van der Waals surface area contributed by atoms with Crippen molar-refractivity contribution in [2.75, 3.05) is 0 Å². The third-order valence-electron chi connectivity index (χ3n) is 3.01. The van der Waals surface area contributed by atoms with E-state index in [4.69, 9.17) is 9.84 Å². The van der Waals surface area contributed by atoms with E-state index in [9.17, 15) is 22.8 Å². The zero-order valence-electron chi connectivity index (χ0n) is 8.48. The van der Waals surface area contributed by atoms with Crippen molar-refractivity contribution in [3.8, 4) is 0 Å². The fraction of sp³-hybridized carbons (Fsp3) is 0.600. The summed E-state index contributed by atoms with van der Waals surface area (Å²) in [5.74, 6) is -3.71. The summed E-state index contributed by atoms with van der Waals surface area (Å²) >= 11 is 0. The summed E-state index contributed by atoms with van der Waals surface area (Å²) in [6.07, 6.45) is -8.12. The van der Waals surface area contributed by atoms with Gasteiger partial charge in [0, 0.05) is 0 Å². The molecule has 7 heteroatoms. The number of hydrogen-bond acceptors (Lipinski definition) is 3. The van der Waals surface area contributed by atoms with Crippen molar-refractivity contribution in [1.29, 1.82) is 0 Å². The molecule has 0 bridgehead atoms. The number of Topliss-reactive ketones (excluding diaryl/α,β-unsaturated/α-hetero) is 1. The van der Waals surface area contributed by atoms with Gasteiger partial charge in [-0.1, -0.05) is 0 Å². The van der Waals surface area contributed by atoms with E-state index in [-0.39, 0.29) is 0 Å². The number of carbonyl (C=O) groups excluding carboxylic acids is 1. The molecule has 0 saturated heterocycles. The third kappa shape index (κ3) is 1.79. The molecule has 1 saturated carbocycles. The zero-order chi connectivity index (χ0) is 12.7. The Hall–Kier alpha value is -1.53. The second kappa shape index (κ2) is 4.05. The van der Waals surface area contributed by atoms with Gasteiger partial charge in [-0.25, -0.2) is 18.0 Å². The molecule has 4 nitrogen and oxygen atoms in total. The standard InChI is InChI=1S/C10H9F3O4/c11-5-1-3-8(14)4(10(15)16)2-17-9(3)7(13)6(5)12/h2-3,5-7,9H,1H2,(H,15,16). The number of hydrogen-bond donors (Lipinski definition) is 1. The highest BCUT2D eigenvalue weighted by Gasteiger charge is 2.52. The Labute approximate surface area is 94.0 Å². The Balaban J connectivity index is 2.29. The van der Waals surface area contributed by atoms with Gasteiger partial charge in [-0.05, 0) is 6.42 Å². The highest BCUT2D eigenvalue weighted by atomic mass is 19.2. The number of ketones is 1. The Bertz CT molecular complexity index is 395. The van der Waals surface area contributed by atoms with Gasteiger partial charge in [-0.2, -0.15) is 0 Å². The molecule has 2 aliphatic rings. The number of rotatable bonds is 1. The predicted molar refractivity (Wildman–Crippen MR) is 48.4 cm³/mol. The topological polar surface area (TPSA) is 63.6 Å². The van der Waals surface area contributed by atoms with E-state index in [2.05, 4.69) is 0 Å². The van der Waals surface area contributed by atoms with Crippen molar-refractivity contribution in [2.45, 2.75) is 31.0 Å². The molecular weight excluding hydrogens is 241 g/mol. The van der Waals surface area contributed by atoms with E-state index in [0.29, 0.717) is 6.26 Å². The SMILES string of the molecule is O=C(O)C1=COC2C(CC(F)C(F)C2F)C1=O. The fourth-order valence-corrected chi connectivity index (χ4v) is 2.10. The lowest BCUT2D eigenvalue weighted by Crippen LogP contribution is -2.53. The Morgan fingerprint density at radius 2 is 2.00 bits per heavy atom. The van der Waals surface area contributed by atoms with Crippen LogP contribution in [0, 0.1) is 5.92 Å². The molecule has 0 aromatic heterocycles. The normalized spacial score (nSPS) is 41.2. The molecular formula is C10H9F3O4. The molecule has 5 unspecified atom stereocenters. The average molecular weight is 250 g/mol. The molecule has 0 aromatic rings. The van der Waals surface area contributed by atoms with Crippen molar-refractivity contribution >= 4 is 11.8 Å². The highest BCUT2D eigenvalue weighted by Crippen LogP contribution is 2.37. The molecule has 1 aliphatic heterocycles. The highest BCUT2D eigenvalue weighted by molar-refractivity contribution is 6.17. The third-order valence-corrected chi connectivity index (χ3v) is 3.01. The summed E-state index contributed by atoms with van der Waals surface area (Å²) in [6.45, 7) is 0. The van der Waals surface area contributed by atoms with Crippen LogP contribution in [0.3, 0.4) is 0 Å². The first-order chi connectivity index (χ1) is 7.93. The van der Waals surface area contributed by atoms with E-state index >= 15 is 0 Å². The zero-order valence-corrected chi connectivity index (χ0v) is 8.48. The maximum atomic E-state index is 13.4. The number of carbonyl (C=O) groups is 2. The minimum absolute atomic E-state index is 0.560. The maximum absolute atomic E-state index is 13.4. The molecule has 0 spiro atoms. The monoisotopic (exact) mass is 250 g/mol. The number of halogens is 3. The number of ether oxygens (including phenoxy) is 1. The molecule has 0 radical (unpaired) electrons. The van der Waals surface area contributed by atoms with Crippen molar-refractivity contribution in [3.63, 3.8) is 0 Å². The van der Waals surface area contributed by atoms with Gasteiger partial charge >= 0.3 is 5.97 Å². The van der Waals surface area contributed by atoms with Crippen molar-refractivity contribution < 1.29 is 32.6 Å². The maximum Gasteiger partial charge on any atom is 0.342 e. The van der Waals surface area contributed by atoms with Gasteiger partial charge in [0.15, 0.2) is 18.1 Å². The van der Waals surface area contributed by atoms with Gasteiger partial charge < -0.3 is 9.84 Å². The van der Waals surface area contributed by atoms with Crippen molar-refractivity contribution in [1.82, 2.24) is 0 Å². The first-order valence-corrected chi connectivity index (χ1v) is 4.99. The van der Waals surface area contributed by atoms with Gasteiger partial charge in [0.25, 0.3) is 0 Å². The molecule has 0 aromatic carbocycles. The van der Waals surface area contributed by atoms with Crippen LogP contribution in [0.25, 0.3) is 0 Å². The van der Waals surface area contributed by atoms with E-state index in [0.717, 1.165) is 0 Å². The van der Waals surface area contributed by atoms with Crippen LogP contribution < -0.4 is 0 Å². The minimum Gasteiger partial charge on any atom is -0.493 e. The molecule has 0 amide bonds. The van der Waals surface area contributed by atoms with Crippen LogP contribution in [0.4, 0.5) is 13.2 Å². The van der Waals surface area contributed by atoms with Crippen molar-refractivity contribution in [2.24, 2.45) is 5.92 Å². The van der Waals surface area contributed by atoms with Crippen LogP contribution in [0.15, 0.2) is 11.8 Å². The second-order valence-electron chi connectivity index (χ2n) is 4.05. The van der Waals surface area contributed by atoms with E-state index in [1.54, 1.807) is 0 Å². The summed E-state index contributed by atoms with van der Waals surface area (Å²) in [6, 6.07) is 0. The summed E-state index contributed by atoms with van der Waals surface area (Å²) in [7, 11) is 0. The lowest BCUT2D eigenvalue weighted by molar-refractivity contribution is -0.145. The Morgan fingerprint density at radius 3 is 2.59 bits per heavy atom. The van der Waals surface area contributed by atoms with Crippen LogP contribution in [0.5, 0.6) is 0 Å². The number of alkyl halides is 3. The van der Waals surface area contributed by atoms with E-state index in [1.165, 1.54) is 0 Å². The molecule has 1 aliphatic carbocycles. The predicted octanol–water partition coefficient (Wildman–Crippen LogP) is 0.957. The quantitative estimate of drug-likeness (QED) is 0.704. The first kappa shape index (κ1) is 11.9. The van der Waals surface area contributed by atoms with Crippen LogP contribution >= 0.6 is 0 Å². The smallest absolute Gasteiger partial charge is 0.342 e. The van der Waals surface area contributed by atoms with Crippen LogP contribution in [-0.2, 0) is 14.3 Å². The summed E-state index contributed by atoms with van der Waals surface area (Å²) in [5, 5.41) is 8.65. The van der Waals surface area contributed by atoms with Gasteiger partial charge in [-0.15, -0.1) is 0 Å². The number of fused-ring (bicyclic) bond motifs is 1. The Morgan fingerprint density at radius 1 is 1.35 bits per heavy atom. The number of aliphatic carboxylic acids is 1. The molecule has 2 rings (SSSR count). The van der Waals surface area contributed by atoms with E-state index in [1.807, 2.05) is 0 Å². The molecule has 1 fully saturated rings. The fourth-order valence-electron chi connectivity index (χ4n) is 2.10. The second-order valence-corrected chi connectivity index (χ2v) is 4.05. The summed E-state index contributed by atoms with van der Waals surface area (Å²) < 4.78 is 44.3. The lowest BCUT2D eigenvalue weighted by atomic mass is 9.77. The van der Waals surface area contributed by atoms with Gasteiger partial charge in [-0.3, -0.25) is 4.79 Å². The van der Waals surface area contributed by atoms with Crippen molar-refractivity contribution in [3.05, 3.63) is 11.8 Å². The van der Waals surface area contributed by atoms with Gasteiger partial charge in [0.1, 0.15) is 24.1 Å². The molecule has 5 atom stereocenters. The molecule has 1 heterocycles. The van der Waals surface area contributed by atoms with Gasteiger partial charge in [0.05, 0.1) is 5.92 Å². The first-order valence-electron chi connectivity index (χ1n) is 4.99. The molecule has 17 heavy (non-hydrogen) atoms. The van der Waals surface area contributed by atoms with Gasteiger partial charge in [0.2, 0.25) is 0 Å². The lowest BCUT2D eigenvalue weighted by Gasteiger charge is -2.38. The average Bonchev–Trinajstić information content (AvgIpc) is 2.27. The van der Waals surface area contributed by atoms with E-state index < -0.39 is 54.3 Å². The largest absolute Gasteiger partial charge is 0.493 e. The molecule has 1 N–H and O–H groups in total. The summed E-state index contributed by atoms with van der Waals surface area (Å²) in [5.41, 5.74) is -0.664. The molecule has 94 valence electrons. The number of carboxylic acid groups (broad SMARTS) is 1. The van der Waals surface area contributed by atoms with Crippen LogP contribution in [-0.4, -0.2) is 41.5 Å². The summed E-state index contributed by atoms with van der Waals surface area (Å²) in [4.78, 5) is 22.3. The van der Waals surface area contributed by atoms with Crippen LogP contribution in [0.1, 0.15) is 6.42 Å². The van der Waals surface area contributed by atoms with Crippen LogP contribution in [0.2, 0.25) is 0 Å². The Kier molecular flexibility index (Phi) is 2.84. The number of carboxylic acids is 1. The minimum atomic E-state index is -2.34.